The van der Waals surface area contributed by atoms with Crippen LogP contribution >= 0.6 is 11.8 Å². The third-order valence-electron chi connectivity index (χ3n) is 3.95. The van der Waals surface area contributed by atoms with Crippen LogP contribution in [0.5, 0.6) is 5.75 Å². The number of aromatic nitrogens is 3. The molecule has 27 heavy (non-hydrogen) atoms. The van der Waals surface area contributed by atoms with E-state index in [2.05, 4.69) is 10.2 Å². The predicted molar refractivity (Wildman–Crippen MR) is 103 cm³/mol. The molecule has 0 saturated carbocycles. The molecule has 0 radical (unpaired) electrons. The number of amides is 1. The van der Waals surface area contributed by atoms with Gasteiger partial charge in [-0.2, -0.15) is 0 Å². The lowest BCUT2D eigenvalue weighted by Crippen LogP contribution is -2.14. The summed E-state index contributed by atoms with van der Waals surface area (Å²) in [7, 11) is 0. The second-order valence-corrected chi connectivity index (χ2v) is 7.06. The number of nitrogens with two attached hydrogens (primary N) is 1. The number of aryl methyl sites for hydroxylation is 2. The number of thioether (sulfide) groups is 1. The molecule has 0 aliphatic rings. The number of ether oxygens (including phenoxy) is 1. The second-order valence-electron chi connectivity index (χ2n) is 5.99. The van der Waals surface area contributed by atoms with Crippen LogP contribution in [0.3, 0.4) is 0 Å². The van der Waals surface area contributed by atoms with Crippen molar-refractivity contribution in [2.24, 2.45) is 5.73 Å². The van der Waals surface area contributed by atoms with Gasteiger partial charge in [0.25, 0.3) is 0 Å². The summed E-state index contributed by atoms with van der Waals surface area (Å²) < 4.78 is 13.2. The zero-order chi connectivity index (χ0) is 19.1. The zero-order valence-corrected chi connectivity index (χ0v) is 15.9. The lowest BCUT2D eigenvalue weighted by molar-refractivity contribution is -0.118. The maximum atomic E-state index is 11.1. The Bertz CT molecular complexity index is 877. The Balaban J connectivity index is 1.63. The van der Waals surface area contributed by atoms with Crippen molar-refractivity contribution in [1.29, 1.82) is 0 Å². The Hall–Kier alpha value is -2.74. The molecule has 0 spiro atoms. The van der Waals surface area contributed by atoms with Gasteiger partial charge in [0.15, 0.2) is 5.16 Å². The number of hydrogen-bond acceptors (Lipinski definition) is 6. The van der Waals surface area contributed by atoms with Crippen LogP contribution in [0.4, 0.5) is 0 Å². The molecule has 0 atom stereocenters. The Morgan fingerprint density at radius 2 is 2.11 bits per heavy atom. The van der Waals surface area contributed by atoms with Gasteiger partial charge in [0, 0.05) is 18.6 Å². The standard InChI is InChI=1S/C19H22N4O3S/c1-14-5-2-3-7-16(14)26-11-12-27-19-22-21-18(9-8-17(20)24)23(19)13-15-6-4-10-25-15/h2-7,10H,8-9,11-13H2,1H3,(H2,20,24). The summed E-state index contributed by atoms with van der Waals surface area (Å²) in [5.41, 5.74) is 6.37. The topological polar surface area (TPSA) is 96.2 Å². The number of para-hydroxylation sites is 1. The van der Waals surface area contributed by atoms with E-state index in [1.165, 1.54) is 0 Å². The first-order chi connectivity index (χ1) is 13.1. The largest absolute Gasteiger partial charge is 0.492 e. The number of rotatable bonds is 10. The zero-order valence-electron chi connectivity index (χ0n) is 15.1. The summed E-state index contributed by atoms with van der Waals surface area (Å²) in [5.74, 6) is 2.77. The highest BCUT2D eigenvalue weighted by Gasteiger charge is 2.15. The first-order valence-electron chi connectivity index (χ1n) is 8.67. The van der Waals surface area contributed by atoms with Crippen molar-refractivity contribution in [2.45, 2.75) is 31.5 Å². The van der Waals surface area contributed by atoms with Crippen LogP contribution in [0.25, 0.3) is 0 Å². The number of carbonyl (C=O) groups is 1. The number of carbonyl (C=O) groups excluding carboxylic acids is 1. The van der Waals surface area contributed by atoms with Gasteiger partial charge in [-0.05, 0) is 30.7 Å². The van der Waals surface area contributed by atoms with Crippen molar-refractivity contribution >= 4 is 17.7 Å². The summed E-state index contributed by atoms with van der Waals surface area (Å²) in [5, 5.41) is 9.25. The van der Waals surface area contributed by atoms with Gasteiger partial charge >= 0.3 is 0 Å². The summed E-state index contributed by atoms with van der Waals surface area (Å²) in [4.78, 5) is 11.1. The maximum Gasteiger partial charge on any atom is 0.217 e. The van der Waals surface area contributed by atoms with Gasteiger partial charge in [-0.15, -0.1) is 10.2 Å². The molecule has 2 N–H and O–H groups in total. The first kappa shape index (κ1) is 19.0. The molecule has 0 fully saturated rings. The molecule has 142 valence electrons. The Labute approximate surface area is 161 Å². The number of benzene rings is 1. The van der Waals surface area contributed by atoms with Crippen molar-refractivity contribution in [3.05, 3.63) is 59.8 Å². The molecule has 1 aromatic carbocycles. The predicted octanol–water partition coefficient (Wildman–Crippen LogP) is 2.82. The van der Waals surface area contributed by atoms with Crippen molar-refractivity contribution in [1.82, 2.24) is 14.8 Å². The molecule has 8 heteroatoms. The van der Waals surface area contributed by atoms with E-state index in [1.54, 1.807) is 18.0 Å². The van der Waals surface area contributed by atoms with Crippen molar-refractivity contribution < 1.29 is 13.9 Å². The van der Waals surface area contributed by atoms with Gasteiger partial charge < -0.3 is 14.9 Å². The fourth-order valence-electron chi connectivity index (χ4n) is 2.57. The van der Waals surface area contributed by atoms with Gasteiger partial charge in [0.2, 0.25) is 5.91 Å². The maximum absolute atomic E-state index is 11.1. The number of nitrogens with zero attached hydrogens (tertiary/aromatic N) is 3. The van der Waals surface area contributed by atoms with Crippen LogP contribution in [0.15, 0.2) is 52.2 Å². The van der Waals surface area contributed by atoms with E-state index in [0.29, 0.717) is 25.4 Å². The number of primary amides is 1. The van der Waals surface area contributed by atoms with E-state index in [4.69, 9.17) is 14.9 Å². The molecule has 1 amide bonds. The quantitative estimate of drug-likeness (QED) is 0.425. The minimum atomic E-state index is -0.358. The van der Waals surface area contributed by atoms with Crippen molar-refractivity contribution in [3.63, 3.8) is 0 Å². The van der Waals surface area contributed by atoms with Crippen LogP contribution in [0, 0.1) is 6.92 Å². The lowest BCUT2D eigenvalue weighted by Gasteiger charge is -2.10. The normalized spacial score (nSPS) is 10.9. The van der Waals surface area contributed by atoms with Gasteiger partial charge in [-0.1, -0.05) is 30.0 Å². The fraction of sp³-hybridized carbons (Fsp3) is 0.316. The molecule has 2 heterocycles. The summed E-state index contributed by atoms with van der Waals surface area (Å²) in [6.07, 6.45) is 2.31. The molecule has 7 nitrogen and oxygen atoms in total. The van der Waals surface area contributed by atoms with Crippen molar-refractivity contribution in [2.75, 3.05) is 12.4 Å². The molecule has 3 rings (SSSR count). The summed E-state index contributed by atoms with van der Waals surface area (Å²) in [6.45, 7) is 3.09. The van der Waals surface area contributed by atoms with Gasteiger partial charge in [-0.3, -0.25) is 9.36 Å². The third kappa shape index (κ3) is 5.37. The average Bonchev–Trinajstić information content (AvgIpc) is 3.29. The summed E-state index contributed by atoms with van der Waals surface area (Å²) >= 11 is 1.56. The van der Waals surface area contributed by atoms with Gasteiger partial charge in [-0.25, -0.2) is 0 Å². The van der Waals surface area contributed by atoms with Crippen LogP contribution in [0.2, 0.25) is 0 Å². The van der Waals surface area contributed by atoms with E-state index in [9.17, 15) is 4.79 Å². The first-order valence-corrected chi connectivity index (χ1v) is 9.66. The third-order valence-corrected chi connectivity index (χ3v) is 4.88. The van der Waals surface area contributed by atoms with Gasteiger partial charge in [0.1, 0.15) is 17.3 Å². The number of furan rings is 1. The van der Waals surface area contributed by atoms with E-state index in [0.717, 1.165) is 28.0 Å². The van der Waals surface area contributed by atoms with Crippen LogP contribution in [-0.2, 0) is 17.8 Å². The Morgan fingerprint density at radius 1 is 1.26 bits per heavy atom. The molecule has 0 saturated heterocycles. The fourth-order valence-corrected chi connectivity index (χ4v) is 3.34. The van der Waals surface area contributed by atoms with Gasteiger partial charge in [0.05, 0.1) is 19.4 Å². The van der Waals surface area contributed by atoms with E-state index >= 15 is 0 Å². The van der Waals surface area contributed by atoms with E-state index < -0.39 is 0 Å². The summed E-state index contributed by atoms with van der Waals surface area (Å²) in [6, 6.07) is 11.7. The molecular weight excluding hydrogens is 364 g/mol. The highest BCUT2D eigenvalue weighted by molar-refractivity contribution is 7.99. The monoisotopic (exact) mass is 386 g/mol. The Morgan fingerprint density at radius 3 is 2.85 bits per heavy atom. The molecule has 0 aliphatic heterocycles. The SMILES string of the molecule is Cc1ccccc1OCCSc1nnc(CCC(N)=O)n1Cc1ccco1. The van der Waals surface area contributed by atoms with E-state index in [1.807, 2.05) is 47.9 Å². The molecule has 0 unspecified atom stereocenters. The minimum Gasteiger partial charge on any atom is -0.492 e. The highest BCUT2D eigenvalue weighted by atomic mass is 32.2. The smallest absolute Gasteiger partial charge is 0.217 e. The van der Waals surface area contributed by atoms with Crippen LogP contribution < -0.4 is 10.5 Å². The Kier molecular flexibility index (Phi) is 6.54. The molecule has 0 bridgehead atoms. The number of hydrogen-bond donors (Lipinski definition) is 1. The molecule has 0 aliphatic carbocycles. The molecular formula is C19H22N4O3S. The van der Waals surface area contributed by atoms with Crippen LogP contribution in [0.1, 0.15) is 23.6 Å². The molecule has 2 aromatic heterocycles. The van der Waals surface area contributed by atoms with E-state index in [-0.39, 0.29) is 12.3 Å². The van der Waals surface area contributed by atoms with Crippen LogP contribution in [-0.4, -0.2) is 33.0 Å². The minimum absolute atomic E-state index is 0.233. The molecule has 3 aromatic rings. The van der Waals surface area contributed by atoms with Crippen molar-refractivity contribution in [3.8, 4) is 5.75 Å². The highest BCUT2D eigenvalue weighted by Crippen LogP contribution is 2.21. The second kappa shape index (κ2) is 9.27. The average molecular weight is 386 g/mol. The lowest BCUT2D eigenvalue weighted by atomic mass is 10.2.